The third-order valence-corrected chi connectivity index (χ3v) is 3.62. The molecule has 0 spiro atoms. The first-order valence-corrected chi connectivity index (χ1v) is 6.64. The van der Waals surface area contributed by atoms with Gasteiger partial charge < -0.3 is 10.6 Å². The molecule has 2 N–H and O–H groups in total. The molecule has 0 saturated carbocycles. The van der Waals surface area contributed by atoms with Gasteiger partial charge in [0.05, 0.1) is 5.69 Å². The minimum Gasteiger partial charge on any atom is -0.381 e. The average Bonchev–Trinajstić information content (AvgIpc) is 2.39. The predicted molar refractivity (Wildman–Crippen MR) is 73.4 cm³/mol. The number of anilines is 1. The van der Waals surface area contributed by atoms with Crippen molar-refractivity contribution in [2.45, 2.75) is 19.4 Å². The van der Waals surface area contributed by atoms with E-state index < -0.39 is 11.6 Å². The quantitative estimate of drug-likeness (QED) is 0.876. The van der Waals surface area contributed by atoms with Gasteiger partial charge in [0, 0.05) is 44.3 Å². The Morgan fingerprint density at radius 2 is 1.95 bits per heavy atom. The van der Waals surface area contributed by atoms with Gasteiger partial charge in [-0.05, 0) is 26.0 Å². The molecule has 1 aromatic carbocycles. The minimum atomic E-state index is -0.551. The molecule has 0 aliphatic carbocycles. The third-order valence-electron chi connectivity index (χ3n) is 3.62. The second kappa shape index (κ2) is 5.84. The highest BCUT2D eigenvalue weighted by Crippen LogP contribution is 2.19. The van der Waals surface area contributed by atoms with E-state index >= 15 is 0 Å². The molecule has 5 heteroatoms. The molecule has 2 rings (SSSR count). The molecule has 0 bridgehead atoms. The summed E-state index contributed by atoms with van der Waals surface area (Å²) in [6.45, 7) is 8.82. The molecule has 0 aromatic heterocycles. The summed E-state index contributed by atoms with van der Waals surface area (Å²) in [6.07, 6.45) is 0. The molecule has 3 nitrogen and oxygen atoms in total. The first-order valence-electron chi connectivity index (χ1n) is 6.64. The smallest absolute Gasteiger partial charge is 0.149 e. The summed E-state index contributed by atoms with van der Waals surface area (Å²) in [7, 11) is 0. The van der Waals surface area contributed by atoms with Crippen LogP contribution in [0.3, 0.4) is 0 Å². The number of hydrogen-bond acceptors (Lipinski definition) is 3. The Balaban J connectivity index is 1.96. The summed E-state index contributed by atoms with van der Waals surface area (Å²) in [4.78, 5) is 2.37. The number of piperazine rings is 1. The monoisotopic (exact) mass is 269 g/mol. The van der Waals surface area contributed by atoms with Crippen LogP contribution in [0.2, 0.25) is 0 Å². The summed E-state index contributed by atoms with van der Waals surface area (Å²) in [5.74, 6) is -1.10. The van der Waals surface area contributed by atoms with Crippen LogP contribution >= 0.6 is 0 Å². The molecule has 1 aliphatic rings. The standard InChI is InChI=1S/C14H21F2N3/c1-14(2,19-7-5-17-6-8-19)10-18-13-4-3-11(15)9-12(13)16/h3-4,9,17-18H,5-8,10H2,1-2H3. The van der Waals surface area contributed by atoms with Crippen LogP contribution in [0.25, 0.3) is 0 Å². The van der Waals surface area contributed by atoms with Crippen LogP contribution in [0.1, 0.15) is 13.8 Å². The molecule has 19 heavy (non-hydrogen) atoms. The zero-order valence-corrected chi connectivity index (χ0v) is 11.5. The molecule has 0 unspecified atom stereocenters. The Morgan fingerprint density at radius 1 is 1.26 bits per heavy atom. The Kier molecular flexibility index (Phi) is 4.37. The lowest BCUT2D eigenvalue weighted by molar-refractivity contribution is 0.114. The minimum absolute atomic E-state index is 0.0665. The van der Waals surface area contributed by atoms with Gasteiger partial charge in [-0.15, -0.1) is 0 Å². The molecule has 106 valence electrons. The van der Waals surface area contributed by atoms with Gasteiger partial charge in [0.1, 0.15) is 11.6 Å². The highest BCUT2D eigenvalue weighted by atomic mass is 19.1. The van der Waals surface area contributed by atoms with Crippen molar-refractivity contribution in [1.29, 1.82) is 0 Å². The van der Waals surface area contributed by atoms with Gasteiger partial charge in [0.25, 0.3) is 0 Å². The van der Waals surface area contributed by atoms with E-state index in [-0.39, 0.29) is 5.54 Å². The van der Waals surface area contributed by atoms with Crippen LogP contribution in [0, 0.1) is 11.6 Å². The zero-order chi connectivity index (χ0) is 13.9. The van der Waals surface area contributed by atoms with Crippen LogP contribution < -0.4 is 10.6 Å². The van der Waals surface area contributed by atoms with E-state index in [4.69, 9.17) is 0 Å². The number of benzene rings is 1. The lowest BCUT2D eigenvalue weighted by Crippen LogP contribution is -2.56. The van der Waals surface area contributed by atoms with Crippen molar-refractivity contribution in [1.82, 2.24) is 10.2 Å². The van der Waals surface area contributed by atoms with Crippen LogP contribution in [0.15, 0.2) is 18.2 Å². The molecule has 0 atom stereocenters. The second-order valence-electron chi connectivity index (χ2n) is 5.53. The Bertz CT molecular complexity index is 429. The number of halogens is 2. The Morgan fingerprint density at radius 3 is 2.58 bits per heavy atom. The molecule has 1 heterocycles. The van der Waals surface area contributed by atoms with Crippen LogP contribution in [0.5, 0.6) is 0 Å². The number of nitrogens with one attached hydrogen (secondary N) is 2. The molecular formula is C14H21F2N3. The molecule has 1 fully saturated rings. The Labute approximate surface area is 113 Å². The van der Waals surface area contributed by atoms with Gasteiger partial charge >= 0.3 is 0 Å². The molecule has 0 radical (unpaired) electrons. The largest absolute Gasteiger partial charge is 0.381 e. The van der Waals surface area contributed by atoms with Crippen molar-refractivity contribution in [3.63, 3.8) is 0 Å². The number of nitrogens with zero attached hydrogens (tertiary/aromatic N) is 1. The van der Waals surface area contributed by atoms with Gasteiger partial charge in [0.2, 0.25) is 0 Å². The van der Waals surface area contributed by atoms with Gasteiger partial charge in [-0.25, -0.2) is 8.78 Å². The highest BCUT2D eigenvalue weighted by Gasteiger charge is 2.27. The summed E-state index contributed by atoms with van der Waals surface area (Å²) in [6, 6.07) is 3.61. The van der Waals surface area contributed by atoms with E-state index in [1.54, 1.807) is 0 Å². The fourth-order valence-corrected chi connectivity index (χ4v) is 2.33. The van der Waals surface area contributed by atoms with Crippen molar-refractivity contribution in [2.75, 3.05) is 38.0 Å². The third kappa shape index (κ3) is 3.64. The van der Waals surface area contributed by atoms with Crippen molar-refractivity contribution in [2.24, 2.45) is 0 Å². The number of hydrogen-bond donors (Lipinski definition) is 2. The molecule has 1 aliphatic heterocycles. The SMILES string of the molecule is CC(C)(CNc1ccc(F)cc1F)N1CCNCC1. The lowest BCUT2D eigenvalue weighted by atomic mass is 10.0. The van der Waals surface area contributed by atoms with E-state index in [2.05, 4.69) is 29.4 Å². The first-order chi connectivity index (χ1) is 8.99. The average molecular weight is 269 g/mol. The maximum Gasteiger partial charge on any atom is 0.149 e. The van der Waals surface area contributed by atoms with Crippen molar-refractivity contribution >= 4 is 5.69 Å². The maximum absolute atomic E-state index is 13.5. The van der Waals surface area contributed by atoms with E-state index in [1.165, 1.54) is 12.1 Å². The number of rotatable bonds is 4. The summed E-state index contributed by atoms with van der Waals surface area (Å²) in [5, 5.41) is 6.39. The maximum atomic E-state index is 13.5. The summed E-state index contributed by atoms with van der Waals surface area (Å²) >= 11 is 0. The Hall–Kier alpha value is -1.20. The van der Waals surface area contributed by atoms with Crippen molar-refractivity contribution in [3.8, 4) is 0 Å². The van der Waals surface area contributed by atoms with E-state index in [0.29, 0.717) is 12.2 Å². The van der Waals surface area contributed by atoms with Crippen LogP contribution in [-0.2, 0) is 0 Å². The van der Waals surface area contributed by atoms with Gasteiger partial charge in [0.15, 0.2) is 0 Å². The fourth-order valence-electron chi connectivity index (χ4n) is 2.33. The van der Waals surface area contributed by atoms with E-state index in [1.807, 2.05) is 0 Å². The topological polar surface area (TPSA) is 27.3 Å². The molecular weight excluding hydrogens is 248 g/mol. The van der Waals surface area contributed by atoms with E-state index in [9.17, 15) is 8.78 Å². The predicted octanol–water partition coefficient (Wildman–Crippen LogP) is 2.06. The van der Waals surface area contributed by atoms with Crippen molar-refractivity contribution in [3.05, 3.63) is 29.8 Å². The summed E-state index contributed by atoms with van der Waals surface area (Å²) < 4.78 is 26.4. The van der Waals surface area contributed by atoms with E-state index in [0.717, 1.165) is 32.2 Å². The molecule has 1 saturated heterocycles. The van der Waals surface area contributed by atoms with Gasteiger partial charge in [-0.2, -0.15) is 0 Å². The van der Waals surface area contributed by atoms with Crippen LogP contribution in [0.4, 0.5) is 14.5 Å². The van der Waals surface area contributed by atoms with Gasteiger partial charge in [-0.3, -0.25) is 4.90 Å². The normalized spacial score (nSPS) is 17.5. The first kappa shape index (κ1) is 14.2. The molecule has 0 amide bonds. The summed E-state index contributed by atoms with van der Waals surface area (Å²) in [5.41, 5.74) is 0.285. The lowest BCUT2D eigenvalue weighted by Gasteiger charge is -2.41. The van der Waals surface area contributed by atoms with Crippen LogP contribution in [-0.4, -0.2) is 43.2 Å². The fraction of sp³-hybridized carbons (Fsp3) is 0.571. The second-order valence-corrected chi connectivity index (χ2v) is 5.53. The van der Waals surface area contributed by atoms with Gasteiger partial charge in [-0.1, -0.05) is 0 Å². The van der Waals surface area contributed by atoms with Crippen molar-refractivity contribution < 1.29 is 8.78 Å². The molecule has 1 aromatic rings. The highest BCUT2D eigenvalue weighted by molar-refractivity contribution is 5.45. The zero-order valence-electron chi connectivity index (χ0n) is 11.5.